The van der Waals surface area contributed by atoms with Crippen LogP contribution in [0.5, 0.6) is 0 Å². The molecule has 4 heteroatoms. The largest absolute Gasteiger partial charge is 0.271 e. The van der Waals surface area contributed by atoms with Crippen molar-refractivity contribution in [3.05, 3.63) is 76.4 Å². The minimum absolute atomic E-state index is 0.188. The average molecular weight is 298 g/mol. The van der Waals surface area contributed by atoms with Crippen molar-refractivity contribution in [2.75, 3.05) is 0 Å². The summed E-state index contributed by atoms with van der Waals surface area (Å²) in [7, 11) is 0. The van der Waals surface area contributed by atoms with Crippen LogP contribution in [0.1, 0.15) is 22.9 Å². The molecule has 0 amide bonds. The summed E-state index contributed by atoms with van der Waals surface area (Å²) < 4.78 is 0. The molecule has 0 saturated heterocycles. The van der Waals surface area contributed by atoms with Crippen LogP contribution < -0.4 is 11.3 Å². The molecule has 21 heavy (non-hydrogen) atoms. The fraction of sp³-hybridized carbons (Fsp3) is 0.118. The van der Waals surface area contributed by atoms with Crippen molar-refractivity contribution in [1.82, 2.24) is 10.4 Å². The molecule has 0 radical (unpaired) electrons. The van der Waals surface area contributed by atoms with E-state index in [4.69, 9.17) is 22.4 Å². The molecule has 1 aromatic heterocycles. The molecule has 0 bridgehead atoms. The number of nitrogens with one attached hydrogen (secondary N) is 1. The molecule has 3 N–H and O–H groups in total. The highest BCUT2D eigenvalue weighted by atomic mass is 35.5. The Kier molecular flexibility index (Phi) is 3.88. The number of benzene rings is 2. The van der Waals surface area contributed by atoms with Gasteiger partial charge in [-0.05, 0) is 42.3 Å². The number of hydrogen-bond donors (Lipinski definition) is 2. The number of hydrazine groups is 1. The molecule has 1 unspecified atom stereocenters. The predicted molar refractivity (Wildman–Crippen MR) is 87.1 cm³/mol. The van der Waals surface area contributed by atoms with Gasteiger partial charge in [0.2, 0.25) is 0 Å². The summed E-state index contributed by atoms with van der Waals surface area (Å²) >= 11 is 6.07. The lowest BCUT2D eigenvalue weighted by atomic mass is 10.0. The van der Waals surface area contributed by atoms with E-state index in [0.717, 1.165) is 22.2 Å². The maximum atomic E-state index is 6.07. The van der Waals surface area contributed by atoms with Gasteiger partial charge in [-0.2, -0.15) is 0 Å². The number of para-hydroxylation sites is 1. The molecular weight excluding hydrogens is 282 g/mol. The summed E-state index contributed by atoms with van der Waals surface area (Å²) in [6.07, 6.45) is 0. The Labute approximate surface area is 128 Å². The summed E-state index contributed by atoms with van der Waals surface area (Å²) in [5.41, 5.74) is 6.86. The molecule has 3 nitrogen and oxygen atoms in total. The van der Waals surface area contributed by atoms with Crippen molar-refractivity contribution in [1.29, 1.82) is 0 Å². The van der Waals surface area contributed by atoms with Crippen molar-refractivity contribution in [3.8, 4) is 0 Å². The van der Waals surface area contributed by atoms with E-state index in [2.05, 4.69) is 24.5 Å². The highest BCUT2D eigenvalue weighted by Crippen LogP contribution is 2.26. The zero-order valence-electron chi connectivity index (χ0n) is 11.7. The Morgan fingerprint density at radius 1 is 1.10 bits per heavy atom. The quantitative estimate of drug-likeness (QED) is 0.572. The Morgan fingerprint density at radius 3 is 2.67 bits per heavy atom. The summed E-state index contributed by atoms with van der Waals surface area (Å²) in [6.45, 7) is 2.08. The van der Waals surface area contributed by atoms with Crippen LogP contribution >= 0.6 is 11.6 Å². The SMILES string of the molecule is Cc1cc(C(NN)c2cccc(Cl)c2)nc2ccccc12. The molecule has 0 saturated carbocycles. The van der Waals surface area contributed by atoms with E-state index in [0.29, 0.717) is 5.02 Å². The van der Waals surface area contributed by atoms with Gasteiger partial charge in [-0.3, -0.25) is 10.8 Å². The number of nitrogens with zero attached hydrogens (tertiary/aromatic N) is 1. The molecule has 0 spiro atoms. The molecule has 0 aliphatic rings. The first-order valence-electron chi connectivity index (χ1n) is 6.77. The molecule has 1 atom stereocenters. The molecule has 106 valence electrons. The number of hydrogen-bond acceptors (Lipinski definition) is 3. The molecule has 0 aliphatic carbocycles. The number of aryl methyl sites for hydroxylation is 1. The molecule has 2 aromatic carbocycles. The van der Waals surface area contributed by atoms with Gasteiger partial charge in [0.05, 0.1) is 17.3 Å². The smallest absolute Gasteiger partial charge is 0.0882 e. The average Bonchev–Trinajstić information content (AvgIpc) is 2.48. The van der Waals surface area contributed by atoms with Crippen molar-refractivity contribution in [2.45, 2.75) is 13.0 Å². The lowest BCUT2D eigenvalue weighted by molar-refractivity contribution is 0.622. The van der Waals surface area contributed by atoms with Gasteiger partial charge in [0.15, 0.2) is 0 Å². The summed E-state index contributed by atoms with van der Waals surface area (Å²) in [4.78, 5) is 4.73. The highest BCUT2D eigenvalue weighted by Gasteiger charge is 2.15. The summed E-state index contributed by atoms with van der Waals surface area (Å²) in [6, 6.07) is 17.6. The van der Waals surface area contributed by atoms with Gasteiger partial charge < -0.3 is 0 Å². The minimum atomic E-state index is -0.188. The van der Waals surface area contributed by atoms with Gasteiger partial charge in [0, 0.05) is 10.4 Å². The zero-order valence-corrected chi connectivity index (χ0v) is 12.4. The van der Waals surface area contributed by atoms with Crippen LogP contribution in [0.4, 0.5) is 0 Å². The van der Waals surface area contributed by atoms with Crippen molar-refractivity contribution >= 4 is 22.5 Å². The summed E-state index contributed by atoms with van der Waals surface area (Å²) in [5.74, 6) is 5.75. The maximum absolute atomic E-state index is 6.07. The fourth-order valence-electron chi connectivity index (χ4n) is 2.56. The predicted octanol–water partition coefficient (Wildman–Crippen LogP) is 3.75. The van der Waals surface area contributed by atoms with E-state index in [9.17, 15) is 0 Å². The zero-order chi connectivity index (χ0) is 14.8. The Hall–Kier alpha value is -1.94. The highest BCUT2D eigenvalue weighted by molar-refractivity contribution is 6.30. The first-order valence-corrected chi connectivity index (χ1v) is 7.14. The van der Waals surface area contributed by atoms with Crippen molar-refractivity contribution < 1.29 is 0 Å². The van der Waals surface area contributed by atoms with E-state index in [-0.39, 0.29) is 6.04 Å². The van der Waals surface area contributed by atoms with E-state index >= 15 is 0 Å². The van der Waals surface area contributed by atoms with E-state index in [1.54, 1.807) is 0 Å². The van der Waals surface area contributed by atoms with Gasteiger partial charge in [-0.1, -0.05) is 41.9 Å². The van der Waals surface area contributed by atoms with Gasteiger partial charge >= 0.3 is 0 Å². The number of halogens is 1. The van der Waals surface area contributed by atoms with Gasteiger partial charge in [-0.15, -0.1) is 0 Å². The van der Waals surface area contributed by atoms with Gasteiger partial charge in [0.25, 0.3) is 0 Å². The number of pyridine rings is 1. The van der Waals surface area contributed by atoms with Crippen LogP contribution in [0.2, 0.25) is 5.02 Å². The molecule has 0 aliphatic heterocycles. The third kappa shape index (κ3) is 2.76. The topological polar surface area (TPSA) is 50.9 Å². The Balaban J connectivity index is 2.13. The molecule has 1 heterocycles. The number of nitrogens with two attached hydrogens (primary N) is 1. The monoisotopic (exact) mass is 297 g/mol. The Bertz CT molecular complexity index is 786. The maximum Gasteiger partial charge on any atom is 0.0882 e. The van der Waals surface area contributed by atoms with Crippen LogP contribution in [0.3, 0.4) is 0 Å². The lowest BCUT2D eigenvalue weighted by Gasteiger charge is -2.17. The van der Waals surface area contributed by atoms with E-state index < -0.39 is 0 Å². The summed E-state index contributed by atoms with van der Waals surface area (Å²) in [5, 5.41) is 1.84. The molecule has 0 fully saturated rings. The molecule has 3 rings (SSSR count). The van der Waals surface area contributed by atoms with E-state index in [1.807, 2.05) is 42.5 Å². The van der Waals surface area contributed by atoms with Crippen molar-refractivity contribution in [2.24, 2.45) is 5.84 Å². The normalized spacial score (nSPS) is 12.5. The second-order valence-corrected chi connectivity index (χ2v) is 5.47. The first kappa shape index (κ1) is 14.0. The van der Waals surface area contributed by atoms with Crippen LogP contribution in [0.25, 0.3) is 10.9 Å². The van der Waals surface area contributed by atoms with E-state index in [1.165, 1.54) is 5.56 Å². The number of rotatable bonds is 3. The fourth-order valence-corrected chi connectivity index (χ4v) is 2.76. The number of aromatic nitrogens is 1. The van der Waals surface area contributed by atoms with Crippen molar-refractivity contribution in [3.63, 3.8) is 0 Å². The minimum Gasteiger partial charge on any atom is -0.271 e. The van der Waals surface area contributed by atoms with Crippen LogP contribution in [0, 0.1) is 6.92 Å². The first-order chi connectivity index (χ1) is 10.2. The number of fused-ring (bicyclic) bond motifs is 1. The second-order valence-electron chi connectivity index (χ2n) is 5.04. The molecular formula is C17H16ClN3. The van der Waals surface area contributed by atoms with Gasteiger partial charge in [-0.25, -0.2) is 5.43 Å². The van der Waals surface area contributed by atoms with Crippen LogP contribution in [0.15, 0.2) is 54.6 Å². The molecule has 3 aromatic rings. The third-order valence-corrected chi connectivity index (χ3v) is 3.82. The standard InChI is InChI=1S/C17H16ClN3/c1-11-9-16(20-15-8-3-2-7-14(11)15)17(21-19)12-5-4-6-13(18)10-12/h2-10,17,21H,19H2,1H3. The van der Waals surface area contributed by atoms with Crippen LogP contribution in [-0.4, -0.2) is 4.98 Å². The lowest BCUT2D eigenvalue weighted by Crippen LogP contribution is -2.29. The van der Waals surface area contributed by atoms with Gasteiger partial charge in [0.1, 0.15) is 0 Å². The van der Waals surface area contributed by atoms with Crippen LogP contribution in [-0.2, 0) is 0 Å². The second kappa shape index (κ2) is 5.82. The third-order valence-electron chi connectivity index (χ3n) is 3.59. The Morgan fingerprint density at radius 2 is 1.90 bits per heavy atom.